The number of benzene rings is 1. The SMILES string of the molecule is COC1(C)CCCN(Cc2ccccc2C#CCO)C1. The average molecular weight is 273 g/mol. The fraction of sp³-hybridized carbons (Fsp3) is 0.529. The number of piperidine rings is 1. The Morgan fingerprint density at radius 3 is 2.95 bits per heavy atom. The summed E-state index contributed by atoms with van der Waals surface area (Å²) >= 11 is 0. The molecule has 0 radical (unpaired) electrons. The van der Waals surface area contributed by atoms with Crippen molar-refractivity contribution in [2.24, 2.45) is 0 Å². The largest absolute Gasteiger partial charge is 0.384 e. The number of methoxy groups -OCH3 is 1. The van der Waals surface area contributed by atoms with E-state index < -0.39 is 0 Å². The molecular weight excluding hydrogens is 250 g/mol. The average Bonchev–Trinajstić information content (AvgIpc) is 2.46. The van der Waals surface area contributed by atoms with Crippen LogP contribution in [-0.2, 0) is 11.3 Å². The molecule has 1 aliphatic rings. The van der Waals surface area contributed by atoms with Crippen LogP contribution in [0.2, 0.25) is 0 Å². The van der Waals surface area contributed by atoms with Crippen molar-refractivity contribution in [1.82, 2.24) is 4.90 Å². The molecule has 2 rings (SSSR count). The number of nitrogens with zero attached hydrogens (tertiary/aromatic N) is 1. The predicted molar refractivity (Wildman–Crippen MR) is 80.3 cm³/mol. The Morgan fingerprint density at radius 2 is 2.20 bits per heavy atom. The molecule has 1 saturated heterocycles. The summed E-state index contributed by atoms with van der Waals surface area (Å²) in [6, 6.07) is 8.15. The van der Waals surface area contributed by atoms with Gasteiger partial charge in [0.2, 0.25) is 0 Å². The monoisotopic (exact) mass is 273 g/mol. The second-order valence-corrected chi connectivity index (χ2v) is 5.59. The molecule has 1 heterocycles. The Hall–Kier alpha value is -1.34. The van der Waals surface area contributed by atoms with Gasteiger partial charge in [0, 0.05) is 25.8 Å². The number of rotatable bonds is 3. The maximum absolute atomic E-state index is 8.84. The Bertz CT molecular complexity index is 503. The number of aliphatic hydroxyl groups is 1. The summed E-state index contributed by atoms with van der Waals surface area (Å²) in [5.41, 5.74) is 2.18. The number of ether oxygens (including phenoxy) is 1. The lowest BCUT2D eigenvalue weighted by atomic mass is 9.94. The van der Waals surface area contributed by atoms with Gasteiger partial charge in [0.15, 0.2) is 0 Å². The minimum atomic E-state index is -0.0974. The van der Waals surface area contributed by atoms with Gasteiger partial charge in [0.25, 0.3) is 0 Å². The lowest BCUT2D eigenvalue weighted by Gasteiger charge is -2.39. The molecule has 3 nitrogen and oxygen atoms in total. The summed E-state index contributed by atoms with van der Waals surface area (Å²) in [4.78, 5) is 2.42. The molecule has 0 amide bonds. The number of hydrogen-bond donors (Lipinski definition) is 1. The zero-order valence-corrected chi connectivity index (χ0v) is 12.4. The van der Waals surface area contributed by atoms with Gasteiger partial charge in [-0.1, -0.05) is 30.0 Å². The van der Waals surface area contributed by atoms with Gasteiger partial charge in [-0.15, -0.1) is 0 Å². The molecule has 1 fully saturated rings. The van der Waals surface area contributed by atoms with Crippen LogP contribution in [0.4, 0.5) is 0 Å². The quantitative estimate of drug-likeness (QED) is 0.855. The molecule has 108 valence electrons. The van der Waals surface area contributed by atoms with Gasteiger partial charge in [-0.3, -0.25) is 4.90 Å². The molecule has 3 heteroatoms. The summed E-state index contributed by atoms with van der Waals surface area (Å²) in [7, 11) is 1.80. The topological polar surface area (TPSA) is 32.7 Å². The van der Waals surface area contributed by atoms with E-state index in [1.165, 1.54) is 5.56 Å². The van der Waals surface area contributed by atoms with Crippen LogP contribution in [0.1, 0.15) is 30.9 Å². The normalized spacial score (nSPS) is 23.1. The van der Waals surface area contributed by atoms with Crippen molar-refractivity contribution in [2.45, 2.75) is 31.9 Å². The molecule has 1 aromatic carbocycles. The van der Waals surface area contributed by atoms with E-state index >= 15 is 0 Å². The van der Waals surface area contributed by atoms with Gasteiger partial charge in [-0.25, -0.2) is 0 Å². The summed E-state index contributed by atoms with van der Waals surface area (Å²) in [5.74, 6) is 5.76. The molecule has 0 bridgehead atoms. The van der Waals surface area contributed by atoms with Gasteiger partial charge in [0.05, 0.1) is 5.60 Å². The molecule has 0 aliphatic carbocycles. The first kappa shape index (κ1) is 15.1. The number of hydrogen-bond acceptors (Lipinski definition) is 3. The van der Waals surface area contributed by atoms with Crippen LogP contribution in [0.25, 0.3) is 0 Å². The predicted octanol–water partition coefficient (Wildman–Crippen LogP) is 2.03. The van der Waals surface area contributed by atoms with Crippen LogP contribution in [0.3, 0.4) is 0 Å². The smallest absolute Gasteiger partial charge is 0.104 e. The van der Waals surface area contributed by atoms with Gasteiger partial charge < -0.3 is 9.84 Å². The third kappa shape index (κ3) is 3.83. The maximum Gasteiger partial charge on any atom is 0.104 e. The van der Waals surface area contributed by atoms with Crippen molar-refractivity contribution < 1.29 is 9.84 Å². The lowest BCUT2D eigenvalue weighted by Crippen LogP contribution is -2.46. The molecule has 0 saturated carbocycles. The van der Waals surface area contributed by atoms with Crippen molar-refractivity contribution in [1.29, 1.82) is 0 Å². The summed E-state index contributed by atoms with van der Waals surface area (Å²) in [6.07, 6.45) is 2.28. The van der Waals surface area contributed by atoms with Gasteiger partial charge in [-0.2, -0.15) is 0 Å². The van der Waals surface area contributed by atoms with E-state index in [9.17, 15) is 0 Å². The van der Waals surface area contributed by atoms with Crippen molar-refractivity contribution >= 4 is 0 Å². The minimum absolute atomic E-state index is 0.0377. The van der Waals surface area contributed by atoms with Gasteiger partial charge in [-0.05, 0) is 37.9 Å². The Kier molecular flexibility index (Phi) is 5.19. The molecule has 1 atom stereocenters. The molecular formula is C17H23NO2. The van der Waals surface area contributed by atoms with E-state index in [-0.39, 0.29) is 12.2 Å². The van der Waals surface area contributed by atoms with E-state index in [4.69, 9.17) is 9.84 Å². The highest BCUT2D eigenvalue weighted by molar-refractivity contribution is 5.41. The fourth-order valence-electron chi connectivity index (χ4n) is 2.77. The highest BCUT2D eigenvalue weighted by Crippen LogP contribution is 2.25. The summed E-state index contributed by atoms with van der Waals surface area (Å²) in [6.45, 7) is 5.01. The maximum atomic E-state index is 8.84. The molecule has 1 aromatic rings. The van der Waals surface area contributed by atoms with Crippen LogP contribution >= 0.6 is 0 Å². The van der Waals surface area contributed by atoms with E-state index in [0.29, 0.717) is 0 Å². The highest BCUT2D eigenvalue weighted by Gasteiger charge is 2.30. The van der Waals surface area contributed by atoms with Gasteiger partial charge >= 0.3 is 0 Å². The van der Waals surface area contributed by atoms with E-state index in [1.807, 2.05) is 18.2 Å². The van der Waals surface area contributed by atoms with E-state index in [0.717, 1.165) is 38.0 Å². The first-order valence-electron chi connectivity index (χ1n) is 7.12. The molecule has 1 unspecified atom stereocenters. The Balaban J connectivity index is 2.10. The van der Waals surface area contributed by atoms with Crippen LogP contribution in [-0.4, -0.2) is 42.4 Å². The van der Waals surface area contributed by atoms with Crippen molar-refractivity contribution in [2.75, 3.05) is 26.8 Å². The minimum Gasteiger partial charge on any atom is -0.384 e. The Labute approximate surface area is 121 Å². The zero-order chi connectivity index (χ0) is 14.4. The van der Waals surface area contributed by atoms with Crippen LogP contribution in [0.5, 0.6) is 0 Å². The highest BCUT2D eigenvalue weighted by atomic mass is 16.5. The van der Waals surface area contributed by atoms with Crippen molar-refractivity contribution in [3.63, 3.8) is 0 Å². The number of aliphatic hydroxyl groups excluding tert-OH is 1. The first-order chi connectivity index (χ1) is 9.67. The molecule has 1 aliphatic heterocycles. The van der Waals surface area contributed by atoms with Crippen LogP contribution < -0.4 is 0 Å². The lowest BCUT2D eigenvalue weighted by molar-refractivity contribution is -0.0527. The first-order valence-corrected chi connectivity index (χ1v) is 7.12. The second kappa shape index (κ2) is 6.90. The molecule has 0 spiro atoms. The van der Waals surface area contributed by atoms with Gasteiger partial charge in [0.1, 0.15) is 6.61 Å². The van der Waals surface area contributed by atoms with Crippen molar-refractivity contribution in [3.8, 4) is 11.8 Å². The number of likely N-dealkylation sites (tertiary alicyclic amines) is 1. The molecule has 0 aromatic heterocycles. The second-order valence-electron chi connectivity index (χ2n) is 5.59. The van der Waals surface area contributed by atoms with E-state index in [2.05, 4.69) is 29.7 Å². The van der Waals surface area contributed by atoms with Crippen LogP contribution in [0, 0.1) is 11.8 Å². The molecule has 1 N–H and O–H groups in total. The summed E-state index contributed by atoms with van der Waals surface area (Å²) < 4.78 is 5.64. The Morgan fingerprint density at radius 1 is 1.40 bits per heavy atom. The van der Waals surface area contributed by atoms with E-state index in [1.54, 1.807) is 7.11 Å². The third-order valence-electron chi connectivity index (χ3n) is 3.94. The zero-order valence-electron chi connectivity index (χ0n) is 12.4. The summed E-state index contributed by atoms with van der Waals surface area (Å²) in [5, 5.41) is 8.84. The van der Waals surface area contributed by atoms with Crippen LogP contribution in [0.15, 0.2) is 24.3 Å². The standard InChI is InChI=1S/C17H23NO2/c1-17(20-2)10-6-11-18(14-17)13-16-8-4-3-7-15(16)9-5-12-19/h3-4,7-8,19H,6,10-14H2,1-2H3. The third-order valence-corrected chi connectivity index (χ3v) is 3.94. The van der Waals surface area contributed by atoms with Crippen molar-refractivity contribution in [3.05, 3.63) is 35.4 Å². The molecule has 20 heavy (non-hydrogen) atoms. The fourth-order valence-corrected chi connectivity index (χ4v) is 2.77.